The average Bonchev–Trinajstić information content (AvgIpc) is 2.31. The van der Waals surface area contributed by atoms with E-state index in [1.54, 1.807) is 12.1 Å². The van der Waals surface area contributed by atoms with Crippen molar-refractivity contribution in [3.63, 3.8) is 0 Å². The van der Waals surface area contributed by atoms with Gasteiger partial charge in [0.05, 0.1) is 5.56 Å². The highest BCUT2D eigenvalue weighted by atomic mass is 127. The number of carbonyl (C=O) groups excluding carboxylic acids is 1. The molecule has 2 rings (SSSR count). The lowest BCUT2D eigenvalue weighted by Gasteiger charge is -2.05. The zero-order chi connectivity index (χ0) is 13.3. The van der Waals surface area contributed by atoms with Crippen LogP contribution in [0.15, 0.2) is 36.4 Å². The van der Waals surface area contributed by atoms with Gasteiger partial charge >= 0.3 is 0 Å². The predicted molar refractivity (Wildman–Crippen MR) is 74.0 cm³/mol. The Morgan fingerprint density at radius 3 is 2.44 bits per heavy atom. The lowest BCUT2D eigenvalue weighted by molar-refractivity contribution is 0.103. The fourth-order valence-electron chi connectivity index (χ4n) is 1.49. The Balaban J connectivity index is 2.51. The van der Waals surface area contributed by atoms with Crippen molar-refractivity contribution in [2.75, 3.05) is 0 Å². The fraction of sp³-hybridized carbons (Fsp3) is 0. The topological polar surface area (TPSA) is 17.1 Å². The highest BCUT2D eigenvalue weighted by Gasteiger charge is 2.17. The second-order valence-electron chi connectivity index (χ2n) is 3.58. The summed E-state index contributed by atoms with van der Waals surface area (Å²) in [6.45, 7) is 0. The van der Waals surface area contributed by atoms with Crippen molar-refractivity contribution < 1.29 is 13.6 Å². The molecule has 0 saturated carbocycles. The molecule has 0 spiro atoms. The van der Waals surface area contributed by atoms with Crippen molar-refractivity contribution in [2.24, 2.45) is 0 Å². The minimum Gasteiger partial charge on any atom is -0.288 e. The number of hydrogen-bond donors (Lipinski definition) is 0. The van der Waals surface area contributed by atoms with Gasteiger partial charge in [-0.05, 0) is 52.9 Å². The molecule has 18 heavy (non-hydrogen) atoms. The number of carbonyl (C=O) groups is 1. The van der Waals surface area contributed by atoms with E-state index in [0.29, 0.717) is 20.2 Å². The average molecular weight is 379 g/mol. The standard InChI is InChI=1S/C13H6ClF2IO/c14-7-1-4-12(17)10(5-7)13(18)9-3-2-8(15)6-11(9)16/h1-6H. The van der Waals surface area contributed by atoms with Gasteiger partial charge in [-0.25, -0.2) is 8.78 Å². The maximum absolute atomic E-state index is 13.5. The molecule has 0 heterocycles. The molecule has 2 aromatic rings. The first kappa shape index (κ1) is 13.4. The van der Waals surface area contributed by atoms with Gasteiger partial charge in [-0.2, -0.15) is 0 Å². The molecule has 0 radical (unpaired) electrons. The molecule has 0 aromatic heterocycles. The van der Waals surface area contributed by atoms with E-state index in [4.69, 9.17) is 11.6 Å². The third-order valence-corrected chi connectivity index (χ3v) is 3.52. The molecule has 0 bridgehead atoms. The summed E-state index contributed by atoms with van der Waals surface area (Å²) in [6, 6.07) is 7.63. The van der Waals surface area contributed by atoms with Crippen molar-refractivity contribution in [3.05, 3.63) is 67.8 Å². The van der Waals surface area contributed by atoms with E-state index in [9.17, 15) is 13.6 Å². The molecule has 92 valence electrons. The van der Waals surface area contributed by atoms with Crippen molar-refractivity contribution in [3.8, 4) is 0 Å². The second-order valence-corrected chi connectivity index (χ2v) is 5.18. The summed E-state index contributed by atoms with van der Waals surface area (Å²) >= 11 is 7.77. The molecular weight excluding hydrogens is 372 g/mol. The number of benzene rings is 2. The van der Waals surface area contributed by atoms with Crippen LogP contribution in [-0.2, 0) is 0 Å². The van der Waals surface area contributed by atoms with Crippen LogP contribution in [-0.4, -0.2) is 5.78 Å². The molecule has 1 nitrogen and oxygen atoms in total. The van der Waals surface area contributed by atoms with Crippen molar-refractivity contribution in [1.29, 1.82) is 0 Å². The van der Waals surface area contributed by atoms with Crippen molar-refractivity contribution >= 4 is 40.0 Å². The van der Waals surface area contributed by atoms with Crippen LogP contribution in [0.4, 0.5) is 8.78 Å². The third-order valence-electron chi connectivity index (χ3n) is 2.35. The lowest BCUT2D eigenvalue weighted by atomic mass is 10.0. The van der Waals surface area contributed by atoms with Gasteiger partial charge in [0.25, 0.3) is 0 Å². The second kappa shape index (κ2) is 5.32. The number of halogens is 4. The van der Waals surface area contributed by atoms with E-state index >= 15 is 0 Å². The van der Waals surface area contributed by atoms with Crippen LogP contribution in [0.25, 0.3) is 0 Å². The van der Waals surface area contributed by atoms with Gasteiger partial charge < -0.3 is 0 Å². The molecule has 5 heteroatoms. The Hall–Kier alpha value is -1.01. The van der Waals surface area contributed by atoms with Gasteiger partial charge in [-0.3, -0.25) is 4.79 Å². The maximum atomic E-state index is 13.5. The summed E-state index contributed by atoms with van der Waals surface area (Å²) in [5.41, 5.74) is 0.130. The lowest BCUT2D eigenvalue weighted by Crippen LogP contribution is -2.06. The van der Waals surface area contributed by atoms with Gasteiger partial charge in [0.15, 0.2) is 5.78 Å². The smallest absolute Gasteiger partial charge is 0.197 e. The van der Waals surface area contributed by atoms with E-state index in [0.717, 1.165) is 12.1 Å². The molecule has 0 N–H and O–H groups in total. The molecule has 0 saturated heterocycles. The molecule has 0 aliphatic heterocycles. The zero-order valence-electron chi connectivity index (χ0n) is 8.88. The van der Waals surface area contributed by atoms with E-state index in [-0.39, 0.29) is 5.56 Å². The summed E-state index contributed by atoms with van der Waals surface area (Å²) in [7, 11) is 0. The predicted octanol–water partition coefficient (Wildman–Crippen LogP) is 4.45. The van der Waals surface area contributed by atoms with Gasteiger partial charge in [-0.1, -0.05) is 11.6 Å². The largest absolute Gasteiger partial charge is 0.288 e. The van der Waals surface area contributed by atoms with E-state index in [2.05, 4.69) is 0 Å². The zero-order valence-corrected chi connectivity index (χ0v) is 11.8. The van der Waals surface area contributed by atoms with Crippen LogP contribution >= 0.6 is 34.2 Å². The molecule has 2 aromatic carbocycles. The van der Waals surface area contributed by atoms with Crippen LogP contribution in [0, 0.1) is 15.2 Å². The first-order chi connectivity index (χ1) is 8.49. The first-order valence-electron chi connectivity index (χ1n) is 4.94. The SMILES string of the molecule is O=C(c1ccc(F)cc1F)c1cc(Cl)ccc1I. The molecule has 0 atom stereocenters. The fourth-order valence-corrected chi connectivity index (χ4v) is 2.24. The molecular formula is C13H6ClF2IO. The summed E-state index contributed by atoms with van der Waals surface area (Å²) in [6.07, 6.45) is 0. The van der Waals surface area contributed by atoms with Gasteiger partial charge in [0, 0.05) is 20.2 Å². The highest BCUT2D eigenvalue weighted by Crippen LogP contribution is 2.22. The summed E-state index contributed by atoms with van der Waals surface area (Å²) in [5, 5.41) is 0.390. The molecule has 0 fully saturated rings. The van der Waals surface area contributed by atoms with Crippen molar-refractivity contribution in [1.82, 2.24) is 0 Å². The molecule has 0 aliphatic rings. The Bertz CT molecular complexity index is 628. The number of rotatable bonds is 2. The Kier molecular flexibility index (Phi) is 3.97. The normalized spacial score (nSPS) is 10.4. The molecule has 0 amide bonds. The van der Waals surface area contributed by atoms with Crippen LogP contribution in [0.5, 0.6) is 0 Å². The Labute approximate surface area is 121 Å². The van der Waals surface area contributed by atoms with Gasteiger partial charge in [0.1, 0.15) is 11.6 Å². The van der Waals surface area contributed by atoms with Crippen LogP contribution in [0.1, 0.15) is 15.9 Å². The Morgan fingerprint density at radius 1 is 1.06 bits per heavy atom. The van der Waals surface area contributed by atoms with Gasteiger partial charge in [-0.15, -0.1) is 0 Å². The minimum absolute atomic E-state index is 0.170. The van der Waals surface area contributed by atoms with E-state index < -0.39 is 17.4 Å². The van der Waals surface area contributed by atoms with E-state index in [1.807, 2.05) is 22.6 Å². The molecule has 0 unspecified atom stereocenters. The summed E-state index contributed by atoms with van der Waals surface area (Å²) in [4.78, 5) is 12.1. The highest BCUT2D eigenvalue weighted by molar-refractivity contribution is 14.1. The summed E-state index contributed by atoms with van der Waals surface area (Å²) in [5.74, 6) is -2.11. The minimum atomic E-state index is -0.879. The first-order valence-corrected chi connectivity index (χ1v) is 6.39. The Morgan fingerprint density at radius 2 is 1.78 bits per heavy atom. The maximum Gasteiger partial charge on any atom is 0.197 e. The van der Waals surface area contributed by atoms with Crippen LogP contribution in [0.2, 0.25) is 5.02 Å². The van der Waals surface area contributed by atoms with Crippen LogP contribution in [0.3, 0.4) is 0 Å². The number of ketones is 1. The quantitative estimate of drug-likeness (QED) is 0.557. The van der Waals surface area contributed by atoms with Crippen molar-refractivity contribution in [2.45, 2.75) is 0 Å². The number of hydrogen-bond acceptors (Lipinski definition) is 1. The summed E-state index contributed by atoms with van der Waals surface area (Å²) < 4.78 is 27.0. The third kappa shape index (κ3) is 2.70. The monoisotopic (exact) mass is 378 g/mol. The van der Waals surface area contributed by atoms with E-state index in [1.165, 1.54) is 6.07 Å². The molecule has 0 aliphatic carbocycles. The van der Waals surface area contributed by atoms with Crippen LogP contribution < -0.4 is 0 Å². The van der Waals surface area contributed by atoms with Gasteiger partial charge in [0.2, 0.25) is 0 Å².